The molecule has 6 nitrogen and oxygen atoms in total. The Morgan fingerprint density at radius 1 is 1.03 bits per heavy atom. The lowest BCUT2D eigenvalue weighted by Crippen LogP contribution is -2.42. The number of aliphatic imine (C=N–C) groups is 1. The molecular weight excluding hydrogens is 364 g/mol. The number of nitrogens with zero attached hydrogens (tertiary/aromatic N) is 2. The number of hydrogen-bond acceptors (Lipinski definition) is 4. The number of nitrogens with one attached hydrogen (secondary N) is 2. The largest absolute Gasteiger partial charge is 0.493 e. The van der Waals surface area contributed by atoms with E-state index in [0.717, 1.165) is 62.2 Å². The predicted octanol–water partition coefficient (Wildman–Crippen LogP) is 2.82. The van der Waals surface area contributed by atoms with Crippen molar-refractivity contribution in [2.75, 3.05) is 40.4 Å². The first-order valence-corrected chi connectivity index (χ1v) is 10.3. The zero-order chi connectivity index (χ0) is 20.5. The summed E-state index contributed by atoms with van der Waals surface area (Å²) >= 11 is 0. The van der Waals surface area contributed by atoms with Gasteiger partial charge in [0.1, 0.15) is 0 Å². The molecule has 0 bridgehead atoms. The number of fused-ring (bicyclic) bond motifs is 1. The molecule has 0 fully saturated rings. The molecule has 0 saturated heterocycles. The van der Waals surface area contributed by atoms with Crippen LogP contribution in [0.25, 0.3) is 0 Å². The number of hydrogen-bond donors (Lipinski definition) is 2. The first-order chi connectivity index (χ1) is 14.2. The normalized spacial score (nSPS) is 14.2. The number of ether oxygens (including phenoxy) is 2. The molecular formula is C23H32N4O2. The van der Waals surface area contributed by atoms with E-state index in [1.165, 1.54) is 11.1 Å². The van der Waals surface area contributed by atoms with Gasteiger partial charge in [-0.1, -0.05) is 30.3 Å². The quantitative estimate of drug-likeness (QED) is 0.531. The van der Waals surface area contributed by atoms with Crippen molar-refractivity contribution in [3.05, 3.63) is 59.2 Å². The third-order valence-electron chi connectivity index (χ3n) is 5.14. The van der Waals surface area contributed by atoms with Crippen LogP contribution in [0.5, 0.6) is 11.5 Å². The van der Waals surface area contributed by atoms with E-state index in [1.54, 1.807) is 14.2 Å². The summed E-state index contributed by atoms with van der Waals surface area (Å²) in [7, 11) is 3.29. The molecule has 0 radical (unpaired) electrons. The van der Waals surface area contributed by atoms with Crippen LogP contribution in [0.15, 0.2) is 47.5 Å². The second-order valence-electron chi connectivity index (χ2n) is 7.11. The summed E-state index contributed by atoms with van der Waals surface area (Å²) in [6.45, 7) is 7.47. The molecule has 0 amide bonds. The van der Waals surface area contributed by atoms with E-state index < -0.39 is 0 Å². The predicted molar refractivity (Wildman–Crippen MR) is 118 cm³/mol. The second-order valence-corrected chi connectivity index (χ2v) is 7.11. The smallest absolute Gasteiger partial charge is 0.191 e. The fourth-order valence-corrected chi connectivity index (χ4v) is 3.57. The van der Waals surface area contributed by atoms with E-state index in [4.69, 9.17) is 14.5 Å². The van der Waals surface area contributed by atoms with Crippen LogP contribution in [-0.2, 0) is 19.5 Å². The number of guanidine groups is 1. The number of benzene rings is 2. The Bertz CT molecular complexity index is 822. The van der Waals surface area contributed by atoms with E-state index in [9.17, 15) is 0 Å². The monoisotopic (exact) mass is 396 g/mol. The summed E-state index contributed by atoms with van der Waals surface area (Å²) in [5.74, 6) is 2.29. The molecule has 1 aliphatic rings. The zero-order valence-corrected chi connectivity index (χ0v) is 17.7. The molecule has 0 unspecified atom stereocenters. The maximum atomic E-state index is 5.38. The molecule has 29 heavy (non-hydrogen) atoms. The maximum absolute atomic E-state index is 5.38. The standard InChI is InChI=1S/C23H32N4O2/c1-4-24-23(26-16-18-9-10-21(28-2)22(15-18)29-3)25-12-14-27-13-11-19-7-5-6-8-20(19)17-27/h5-10,15H,4,11-14,16-17H2,1-3H3,(H2,24,25,26). The van der Waals surface area contributed by atoms with E-state index in [2.05, 4.69) is 46.7 Å². The molecule has 2 aromatic rings. The first-order valence-electron chi connectivity index (χ1n) is 10.3. The van der Waals surface area contributed by atoms with Gasteiger partial charge in [0.2, 0.25) is 0 Å². The minimum Gasteiger partial charge on any atom is -0.493 e. The van der Waals surface area contributed by atoms with Crippen molar-refractivity contribution in [1.82, 2.24) is 15.5 Å². The molecule has 0 aromatic heterocycles. The fraction of sp³-hybridized carbons (Fsp3) is 0.435. The highest BCUT2D eigenvalue weighted by Crippen LogP contribution is 2.27. The van der Waals surface area contributed by atoms with Crippen molar-refractivity contribution in [2.45, 2.75) is 26.4 Å². The van der Waals surface area contributed by atoms with Gasteiger partial charge in [0.15, 0.2) is 17.5 Å². The molecule has 0 aliphatic carbocycles. The van der Waals surface area contributed by atoms with Gasteiger partial charge in [0.05, 0.1) is 20.8 Å². The molecule has 6 heteroatoms. The minimum atomic E-state index is 0.576. The Labute approximate surface area is 173 Å². The topological polar surface area (TPSA) is 58.1 Å². The van der Waals surface area contributed by atoms with Crippen LogP contribution < -0.4 is 20.1 Å². The van der Waals surface area contributed by atoms with Crippen LogP contribution in [0, 0.1) is 0 Å². The van der Waals surface area contributed by atoms with Gasteiger partial charge in [-0.2, -0.15) is 0 Å². The Morgan fingerprint density at radius 3 is 2.59 bits per heavy atom. The van der Waals surface area contributed by atoms with Gasteiger partial charge < -0.3 is 20.1 Å². The van der Waals surface area contributed by atoms with Crippen LogP contribution >= 0.6 is 0 Å². The van der Waals surface area contributed by atoms with Gasteiger partial charge in [-0.25, -0.2) is 4.99 Å². The van der Waals surface area contributed by atoms with Gasteiger partial charge >= 0.3 is 0 Å². The Balaban J connectivity index is 1.52. The summed E-state index contributed by atoms with van der Waals surface area (Å²) in [5.41, 5.74) is 4.02. The highest BCUT2D eigenvalue weighted by molar-refractivity contribution is 5.79. The highest BCUT2D eigenvalue weighted by atomic mass is 16.5. The van der Waals surface area contributed by atoms with Gasteiger partial charge in [-0.05, 0) is 42.2 Å². The number of rotatable bonds is 8. The van der Waals surface area contributed by atoms with Crippen LogP contribution in [0.1, 0.15) is 23.6 Å². The molecule has 2 N–H and O–H groups in total. The third-order valence-corrected chi connectivity index (χ3v) is 5.14. The summed E-state index contributed by atoms with van der Waals surface area (Å²) in [6.07, 6.45) is 1.13. The molecule has 3 rings (SSSR count). The zero-order valence-electron chi connectivity index (χ0n) is 17.7. The van der Waals surface area contributed by atoms with Crippen LogP contribution in [0.4, 0.5) is 0 Å². The van der Waals surface area contributed by atoms with Crippen molar-refractivity contribution >= 4 is 5.96 Å². The fourth-order valence-electron chi connectivity index (χ4n) is 3.57. The van der Waals surface area contributed by atoms with Crippen LogP contribution in [0.3, 0.4) is 0 Å². The van der Waals surface area contributed by atoms with Crippen molar-refractivity contribution in [1.29, 1.82) is 0 Å². The lowest BCUT2D eigenvalue weighted by molar-refractivity contribution is 0.258. The third kappa shape index (κ3) is 5.87. The van der Waals surface area contributed by atoms with Gasteiger partial charge in [0, 0.05) is 32.7 Å². The Kier molecular flexibility index (Phi) is 7.76. The lowest BCUT2D eigenvalue weighted by Gasteiger charge is -2.28. The molecule has 2 aromatic carbocycles. The summed E-state index contributed by atoms with van der Waals surface area (Å²) < 4.78 is 10.7. The molecule has 1 aliphatic heterocycles. The van der Waals surface area contributed by atoms with Crippen molar-refractivity contribution < 1.29 is 9.47 Å². The maximum Gasteiger partial charge on any atom is 0.191 e. The highest BCUT2D eigenvalue weighted by Gasteiger charge is 2.15. The van der Waals surface area contributed by atoms with Crippen LogP contribution in [0.2, 0.25) is 0 Å². The Morgan fingerprint density at radius 2 is 1.83 bits per heavy atom. The summed E-state index contributed by atoms with van der Waals surface area (Å²) in [6, 6.07) is 14.6. The van der Waals surface area contributed by atoms with Gasteiger partial charge in [0.25, 0.3) is 0 Å². The molecule has 0 spiro atoms. The molecule has 0 saturated carbocycles. The number of methoxy groups -OCH3 is 2. The summed E-state index contributed by atoms with van der Waals surface area (Å²) in [5, 5.41) is 6.78. The van der Waals surface area contributed by atoms with Crippen LogP contribution in [-0.4, -0.2) is 51.3 Å². The van der Waals surface area contributed by atoms with E-state index in [-0.39, 0.29) is 0 Å². The second kappa shape index (κ2) is 10.7. The van der Waals surface area contributed by atoms with Gasteiger partial charge in [-0.3, -0.25) is 4.90 Å². The van der Waals surface area contributed by atoms with E-state index >= 15 is 0 Å². The van der Waals surface area contributed by atoms with Gasteiger partial charge in [-0.15, -0.1) is 0 Å². The SMILES string of the molecule is CCNC(=NCc1ccc(OC)c(OC)c1)NCCN1CCc2ccccc2C1. The van der Waals surface area contributed by atoms with E-state index in [1.807, 2.05) is 18.2 Å². The average Bonchev–Trinajstić information content (AvgIpc) is 2.77. The molecule has 0 atom stereocenters. The first kappa shape index (κ1) is 21.0. The Hall–Kier alpha value is -2.73. The summed E-state index contributed by atoms with van der Waals surface area (Å²) in [4.78, 5) is 7.21. The van der Waals surface area contributed by atoms with E-state index in [0.29, 0.717) is 6.54 Å². The van der Waals surface area contributed by atoms with Crippen molar-refractivity contribution in [2.24, 2.45) is 4.99 Å². The van der Waals surface area contributed by atoms with Crippen molar-refractivity contribution in [3.63, 3.8) is 0 Å². The average molecular weight is 397 g/mol. The molecule has 156 valence electrons. The molecule has 1 heterocycles. The van der Waals surface area contributed by atoms with Crippen molar-refractivity contribution in [3.8, 4) is 11.5 Å². The minimum absolute atomic E-state index is 0.576. The lowest BCUT2D eigenvalue weighted by atomic mass is 10.00.